The summed E-state index contributed by atoms with van der Waals surface area (Å²) in [6.45, 7) is 0. The predicted molar refractivity (Wildman–Crippen MR) is 67.2 cm³/mol. The van der Waals surface area contributed by atoms with Crippen molar-refractivity contribution in [2.45, 2.75) is 0 Å². The van der Waals surface area contributed by atoms with Gasteiger partial charge in [-0.1, -0.05) is 30.3 Å². The van der Waals surface area contributed by atoms with Crippen molar-refractivity contribution in [3.8, 4) is 22.8 Å². The van der Waals surface area contributed by atoms with E-state index in [2.05, 4.69) is 9.72 Å². The first-order chi connectivity index (χ1) is 9.06. The number of esters is 1. The van der Waals surface area contributed by atoms with Crippen molar-refractivity contribution in [3.63, 3.8) is 0 Å². The van der Waals surface area contributed by atoms with Gasteiger partial charge in [-0.25, -0.2) is 4.79 Å². The summed E-state index contributed by atoms with van der Waals surface area (Å²) >= 11 is 0. The Morgan fingerprint density at radius 3 is 2.42 bits per heavy atom. The summed E-state index contributed by atoms with van der Waals surface area (Å²) in [5.74, 6) is -2.28. The molecule has 0 amide bonds. The van der Waals surface area contributed by atoms with Crippen LogP contribution in [-0.4, -0.2) is 28.3 Å². The SMILES string of the molecule is COC(=O)c1c(O)[nH]c(=O)c(-c2ccccc2)c1O. The quantitative estimate of drug-likeness (QED) is 0.706. The molecule has 0 fully saturated rings. The van der Waals surface area contributed by atoms with E-state index in [9.17, 15) is 19.8 Å². The molecule has 19 heavy (non-hydrogen) atoms. The van der Waals surface area contributed by atoms with Crippen molar-refractivity contribution in [1.29, 1.82) is 0 Å². The van der Waals surface area contributed by atoms with E-state index in [1.165, 1.54) is 0 Å². The second-order valence-corrected chi connectivity index (χ2v) is 3.76. The normalized spacial score (nSPS) is 10.2. The highest BCUT2D eigenvalue weighted by Crippen LogP contribution is 2.32. The fourth-order valence-corrected chi connectivity index (χ4v) is 1.75. The molecule has 1 heterocycles. The van der Waals surface area contributed by atoms with E-state index in [1.807, 2.05) is 0 Å². The Kier molecular flexibility index (Phi) is 3.24. The number of aromatic nitrogens is 1. The van der Waals surface area contributed by atoms with Crippen LogP contribution in [0, 0.1) is 0 Å². The first-order valence-electron chi connectivity index (χ1n) is 5.38. The summed E-state index contributed by atoms with van der Waals surface area (Å²) in [4.78, 5) is 25.4. The summed E-state index contributed by atoms with van der Waals surface area (Å²) in [7, 11) is 1.11. The number of pyridine rings is 1. The van der Waals surface area contributed by atoms with Gasteiger partial charge in [0.05, 0.1) is 12.7 Å². The van der Waals surface area contributed by atoms with E-state index in [4.69, 9.17) is 0 Å². The van der Waals surface area contributed by atoms with Crippen molar-refractivity contribution >= 4 is 5.97 Å². The lowest BCUT2D eigenvalue weighted by molar-refractivity contribution is 0.0593. The highest BCUT2D eigenvalue weighted by atomic mass is 16.5. The topological polar surface area (TPSA) is 99.6 Å². The third-order valence-electron chi connectivity index (χ3n) is 2.62. The molecule has 2 aromatic rings. The maximum atomic E-state index is 11.8. The molecule has 6 heteroatoms. The van der Waals surface area contributed by atoms with E-state index < -0.39 is 28.7 Å². The number of ether oxygens (including phenoxy) is 1. The third-order valence-corrected chi connectivity index (χ3v) is 2.62. The number of nitrogens with one attached hydrogen (secondary N) is 1. The zero-order chi connectivity index (χ0) is 14.0. The van der Waals surface area contributed by atoms with Gasteiger partial charge in [-0.05, 0) is 5.56 Å². The van der Waals surface area contributed by atoms with Gasteiger partial charge >= 0.3 is 5.97 Å². The van der Waals surface area contributed by atoms with E-state index in [0.29, 0.717) is 5.56 Å². The standard InChI is InChI=1S/C13H11NO5/c1-19-13(18)9-10(15)8(11(16)14-12(9)17)7-5-3-2-4-6-7/h2-6H,1H3,(H3,14,15,16,17). The molecule has 0 aliphatic heterocycles. The first-order valence-corrected chi connectivity index (χ1v) is 5.38. The lowest BCUT2D eigenvalue weighted by Gasteiger charge is -2.09. The number of methoxy groups -OCH3 is 1. The number of carbonyl (C=O) groups excluding carboxylic acids is 1. The molecule has 1 aromatic carbocycles. The van der Waals surface area contributed by atoms with Crippen molar-refractivity contribution in [2.24, 2.45) is 0 Å². The molecule has 2 rings (SSSR count). The molecule has 0 saturated carbocycles. The van der Waals surface area contributed by atoms with Gasteiger partial charge in [0.2, 0.25) is 5.88 Å². The van der Waals surface area contributed by atoms with Crippen molar-refractivity contribution in [3.05, 3.63) is 46.2 Å². The summed E-state index contributed by atoms with van der Waals surface area (Å²) in [5, 5.41) is 19.6. The van der Waals surface area contributed by atoms with Crippen LogP contribution in [0.4, 0.5) is 0 Å². The van der Waals surface area contributed by atoms with Crippen LogP contribution in [0.5, 0.6) is 11.6 Å². The van der Waals surface area contributed by atoms with Crippen molar-refractivity contribution in [2.75, 3.05) is 7.11 Å². The van der Waals surface area contributed by atoms with Gasteiger partial charge in [-0.2, -0.15) is 0 Å². The molecule has 0 bridgehead atoms. The van der Waals surface area contributed by atoms with Gasteiger partial charge in [-0.15, -0.1) is 0 Å². The predicted octanol–water partition coefficient (Wildman–Crippen LogP) is 1.24. The highest BCUT2D eigenvalue weighted by Gasteiger charge is 2.24. The minimum Gasteiger partial charge on any atom is -0.506 e. The number of H-pyrrole nitrogens is 1. The van der Waals surface area contributed by atoms with Crippen molar-refractivity contribution < 1.29 is 19.7 Å². The average Bonchev–Trinajstić information content (AvgIpc) is 2.39. The van der Waals surface area contributed by atoms with Gasteiger partial charge in [0.15, 0.2) is 5.56 Å². The molecule has 0 atom stereocenters. The van der Waals surface area contributed by atoms with Crippen LogP contribution < -0.4 is 5.56 Å². The Hall–Kier alpha value is -2.76. The van der Waals surface area contributed by atoms with Crippen LogP contribution in [0.1, 0.15) is 10.4 Å². The molecular formula is C13H11NO5. The summed E-state index contributed by atoms with van der Waals surface area (Å²) in [5.41, 5.74) is -0.847. The van der Waals surface area contributed by atoms with E-state index in [-0.39, 0.29) is 5.56 Å². The van der Waals surface area contributed by atoms with Crippen LogP contribution >= 0.6 is 0 Å². The molecule has 0 radical (unpaired) electrons. The van der Waals surface area contributed by atoms with Gasteiger partial charge in [-0.3, -0.25) is 9.78 Å². The average molecular weight is 261 g/mol. The van der Waals surface area contributed by atoms with Crippen molar-refractivity contribution in [1.82, 2.24) is 4.98 Å². The number of rotatable bonds is 2. The summed E-state index contributed by atoms with van der Waals surface area (Å²) in [6.07, 6.45) is 0. The third kappa shape index (κ3) is 2.15. The van der Waals surface area contributed by atoms with E-state index in [0.717, 1.165) is 7.11 Å². The molecule has 3 N–H and O–H groups in total. The van der Waals surface area contributed by atoms with Crippen LogP contribution in [-0.2, 0) is 4.74 Å². The molecule has 0 saturated heterocycles. The molecule has 0 aliphatic rings. The second-order valence-electron chi connectivity index (χ2n) is 3.76. The van der Waals surface area contributed by atoms with Crippen LogP contribution in [0.2, 0.25) is 0 Å². The lowest BCUT2D eigenvalue weighted by Crippen LogP contribution is -2.14. The van der Waals surface area contributed by atoms with Crippen LogP contribution in [0.25, 0.3) is 11.1 Å². The Labute approximate surface area is 107 Å². The Morgan fingerprint density at radius 2 is 1.84 bits per heavy atom. The maximum Gasteiger partial charge on any atom is 0.347 e. The lowest BCUT2D eigenvalue weighted by atomic mass is 10.0. The van der Waals surface area contributed by atoms with Gasteiger partial charge in [0.1, 0.15) is 5.75 Å². The zero-order valence-corrected chi connectivity index (χ0v) is 10.0. The van der Waals surface area contributed by atoms with E-state index in [1.54, 1.807) is 30.3 Å². The smallest absolute Gasteiger partial charge is 0.347 e. The van der Waals surface area contributed by atoms with Crippen LogP contribution in [0.3, 0.4) is 0 Å². The molecule has 1 aromatic heterocycles. The zero-order valence-electron chi connectivity index (χ0n) is 10.0. The minimum atomic E-state index is -0.941. The summed E-state index contributed by atoms with van der Waals surface area (Å²) < 4.78 is 4.45. The largest absolute Gasteiger partial charge is 0.506 e. The maximum absolute atomic E-state index is 11.8. The number of aromatic amines is 1. The first kappa shape index (κ1) is 12.7. The second kappa shape index (κ2) is 4.85. The molecule has 98 valence electrons. The van der Waals surface area contributed by atoms with Gasteiger partial charge in [0, 0.05) is 0 Å². The Balaban J connectivity index is 2.76. The molecule has 0 aliphatic carbocycles. The van der Waals surface area contributed by atoms with Crippen LogP contribution in [0.15, 0.2) is 35.1 Å². The fraction of sp³-hybridized carbons (Fsp3) is 0.0769. The molecular weight excluding hydrogens is 250 g/mol. The number of carbonyl (C=O) groups is 1. The number of hydrogen-bond acceptors (Lipinski definition) is 5. The number of hydrogen-bond donors (Lipinski definition) is 3. The van der Waals surface area contributed by atoms with E-state index >= 15 is 0 Å². The molecule has 0 unspecified atom stereocenters. The van der Waals surface area contributed by atoms with Gasteiger partial charge in [0.25, 0.3) is 5.56 Å². The number of benzene rings is 1. The number of aromatic hydroxyl groups is 2. The Bertz CT molecular complexity index is 675. The van der Waals surface area contributed by atoms with Gasteiger partial charge < -0.3 is 14.9 Å². The Morgan fingerprint density at radius 1 is 1.21 bits per heavy atom. The summed E-state index contributed by atoms with van der Waals surface area (Å²) in [6, 6.07) is 8.30. The molecule has 0 spiro atoms. The minimum absolute atomic E-state index is 0.0983. The highest BCUT2D eigenvalue weighted by molar-refractivity contribution is 5.97. The monoisotopic (exact) mass is 261 g/mol. The fourth-order valence-electron chi connectivity index (χ4n) is 1.75. The molecule has 6 nitrogen and oxygen atoms in total.